The zero-order valence-corrected chi connectivity index (χ0v) is 14.3. The molecule has 1 amide bonds. The number of phenols is 1. The predicted molar refractivity (Wildman–Crippen MR) is 91.5 cm³/mol. The monoisotopic (exact) mass is 367 g/mol. The Bertz CT molecular complexity index is 727. The summed E-state index contributed by atoms with van der Waals surface area (Å²) in [4.78, 5) is 24.3. The Balaban J connectivity index is 2.21. The minimum Gasteiger partial charge on any atom is -0.508 e. The van der Waals surface area contributed by atoms with Crippen LogP contribution in [0.3, 0.4) is 0 Å². The van der Waals surface area contributed by atoms with E-state index >= 15 is 0 Å². The zero-order valence-electron chi connectivity index (χ0n) is 12.8. The van der Waals surface area contributed by atoms with Gasteiger partial charge < -0.3 is 15.2 Å². The third-order valence-electron chi connectivity index (χ3n) is 3.39. The van der Waals surface area contributed by atoms with Crippen LogP contribution in [-0.2, 0) is 16.0 Å². The van der Waals surface area contributed by atoms with Crippen LogP contribution in [0.5, 0.6) is 5.75 Å². The van der Waals surface area contributed by atoms with E-state index in [1.807, 2.05) is 0 Å². The van der Waals surface area contributed by atoms with E-state index in [-0.39, 0.29) is 12.2 Å². The van der Waals surface area contributed by atoms with Crippen LogP contribution in [0, 0.1) is 0 Å². The highest BCUT2D eigenvalue weighted by molar-refractivity contribution is 6.36. The van der Waals surface area contributed by atoms with E-state index in [0.717, 1.165) is 0 Å². The standard InChI is InChI=1S/C17H15Cl2NO4/c1-24-17(23)15(9-12-13(18)3-2-4-14(12)19)20-16(22)10-5-7-11(21)8-6-10/h2-8,15,21H,9H2,1H3,(H,20,22)/t15-/m1/s1. The summed E-state index contributed by atoms with van der Waals surface area (Å²) < 4.78 is 4.74. The lowest BCUT2D eigenvalue weighted by atomic mass is 10.0. The lowest BCUT2D eigenvalue weighted by Gasteiger charge is -2.18. The number of phenolic OH excluding ortho intramolecular Hbond substituents is 1. The molecular formula is C17H15Cl2NO4. The summed E-state index contributed by atoms with van der Waals surface area (Å²) in [5.74, 6) is -1.05. The van der Waals surface area contributed by atoms with Gasteiger partial charge in [-0.3, -0.25) is 4.79 Å². The Morgan fingerprint density at radius 3 is 2.25 bits per heavy atom. The summed E-state index contributed by atoms with van der Waals surface area (Å²) >= 11 is 12.2. The van der Waals surface area contributed by atoms with E-state index in [1.54, 1.807) is 18.2 Å². The quantitative estimate of drug-likeness (QED) is 0.795. The third kappa shape index (κ3) is 4.40. The molecule has 2 aromatic carbocycles. The van der Waals surface area contributed by atoms with Crippen LogP contribution in [0.1, 0.15) is 15.9 Å². The van der Waals surface area contributed by atoms with E-state index in [2.05, 4.69) is 5.32 Å². The Hall–Kier alpha value is -2.24. The molecule has 2 N–H and O–H groups in total. The molecule has 7 heteroatoms. The molecule has 0 aromatic heterocycles. The molecule has 2 aromatic rings. The summed E-state index contributed by atoms with van der Waals surface area (Å²) in [6.45, 7) is 0. The largest absolute Gasteiger partial charge is 0.508 e. The molecule has 0 bridgehead atoms. The molecule has 0 radical (unpaired) electrons. The first-order valence-electron chi connectivity index (χ1n) is 7.03. The minimum atomic E-state index is -0.950. The smallest absolute Gasteiger partial charge is 0.328 e. The summed E-state index contributed by atoms with van der Waals surface area (Å²) in [6, 6.07) is 9.70. The van der Waals surface area contributed by atoms with Gasteiger partial charge in [-0.05, 0) is 42.0 Å². The van der Waals surface area contributed by atoms with Crippen molar-refractivity contribution in [3.63, 3.8) is 0 Å². The second-order valence-electron chi connectivity index (χ2n) is 5.00. The Labute approximate surface area is 149 Å². The average molecular weight is 368 g/mol. The van der Waals surface area contributed by atoms with Gasteiger partial charge in [0.05, 0.1) is 7.11 Å². The molecule has 5 nitrogen and oxygen atoms in total. The molecule has 0 spiro atoms. The van der Waals surface area contributed by atoms with Crippen molar-refractivity contribution in [2.45, 2.75) is 12.5 Å². The Kier molecular flexibility index (Phi) is 6.06. The van der Waals surface area contributed by atoms with Crippen LogP contribution < -0.4 is 5.32 Å². The van der Waals surface area contributed by atoms with Crippen LogP contribution in [0.4, 0.5) is 0 Å². The highest BCUT2D eigenvalue weighted by Crippen LogP contribution is 2.25. The molecule has 0 aliphatic rings. The fourth-order valence-electron chi connectivity index (χ4n) is 2.12. The topological polar surface area (TPSA) is 75.6 Å². The molecule has 2 rings (SSSR count). The maximum absolute atomic E-state index is 12.3. The number of hydrogen-bond donors (Lipinski definition) is 2. The minimum absolute atomic E-state index is 0.0407. The number of ether oxygens (including phenoxy) is 1. The lowest BCUT2D eigenvalue weighted by Crippen LogP contribution is -2.43. The maximum atomic E-state index is 12.3. The van der Waals surface area contributed by atoms with Crippen molar-refractivity contribution in [2.24, 2.45) is 0 Å². The number of carbonyl (C=O) groups is 2. The first kappa shape index (κ1) is 18.1. The Morgan fingerprint density at radius 2 is 1.71 bits per heavy atom. The molecule has 0 saturated carbocycles. The number of benzene rings is 2. The molecule has 0 aliphatic carbocycles. The first-order chi connectivity index (χ1) is 11.4. The molecule has 24 heavy (non-hydrogen) atoms. The second kappa shape index (κ2) is 8.04. The summed E-state index contributed by atoms with van der Waals surface area (Å²) in [5, 5.41) is 12.7. The molecule has 1 atom stereocenters. The molecule has 126 valence electrons. The van der Waals surface area contributed by atoms with Gasteiger partial charge in [0.15, 0.2) is 0 Å². The predicted octanol–water partition coefficient (Wildman–Crippen LogP) is 3.21. The number of carbonyl (C=O) groups excluding carboxylic acids is 2. The molecule has 0 unspecified atom stereocenters. The van der Waals surface area contributed by atoms with Crippen molar-refractivity contribution in [2.75, 3.05) is 7.11 Å². The lowest BCUT2D eigenvalue weighted by molar-refractivity contribution is -0.142. The number of halogens is 2. The van der Waals surface area contributed by atoms with Gasteiger partial charge in [-0.15, -0.1) is 0 Å². The molecule has 0 saturated heterocycles. The van der Waals surface area contributed by atoms with Crippen LogP contribution in [0.25, 0.3) is 0 Å². The van der Waals surface area contributed by atoms with Crippen molar-refractivity contribution in [1.29, 1.82) is 0 Å². The van der Waals surface area contributed by atoms with Crippen LogP contribution in [0.15, 0.2) is 42.5 Å². The third-order valence-corrected chi connectivity index (χ3v) is 4.10. The molecule has 0 heterocycles. The summed E-state index contributed by atoms with van der Waals surface area (Å²) in [7, 11) is 1.23. The van der Waals surface area contributed by atoms with Crippen molar-refractivity contribution in [3.05, 3.63) is 63.6 Å². The van der Waals surface area contributed by atoms with E-state index in [1.165, 1.54) is 31.4 Å². The number of hydrogen-bond acceptors (Lipinski definition) is 4. The van der Waals surface area contributed by atoms with Gasteiger partial charge in [0, 0.05) is 22.0 Å². The van der Waals surface area contributed by atoms with Crippen LogP contribution in [0.2, 0.25) is 10.0 Å². The fourth-order valence-corrected chi connectivity index (χ4v) is 2.67. The number of amides is 1. The number of nitrogens with one attached hydrogen (secondary N) is 1. The van der Waals surface area contributed by atoms with E-state index in [4.69, 9.17) is 27.9 Å². The number of aromatic hydroxyl groups is 1. The van der Waals surface area contributed by atoms with Crippen LogP contribution >= 0.6 is 23.2 Å². The van der Waals surface area contributed by atoms with Crippen molar-refractivity contribution >= 4 is 35.1 Å². The van der Waals surface area contributed by atoms with Gasteiger partial charge >= 0.3 is 5.97 Å². The highest BCUT2D eigenvalue weighted by Gasteiger charge is 2.24. The van der Waals surface area contributed by atoms with Gasteiger partial charge in [-0.1, -0.05) is 29.3 Å². The van der Waals surface area contributed by atoms with Gasteiger partial charge in [0.1, 0.15) is 11.8 Å². The van der Waals surface area contributed by atoms with Crippen molar-refractivity contribution in [1.82, 2.24) is 5.32 Å². The molecular weight excluding hydrogens is 353 g/mol. The number of rotatable bonds is 5. The summed E-state index contributed by atoms with van der Waals surface area (Å²) in [6.07, 6.45) is 0.0923. The second-order valence-corrected chi connectivity index (χ2v) is 5.81. The first-order valence-corrected chi connectivity index (χ1v) is 7.78. The Morgan fingerprint density at radius 1 is 1.12 bits per heavy atom. The highest BCUT2D eigenvalue weighted by atomic mass is 35.5. The van der Waals surface area contributed by atoms with E-state index in [0.29, 0.717) is 21.2 Å². The van der Waals surface area contributed by atoms with Gasteiger partial charge in [0.25, 0.3) is 5.91 Å². The SMILES string of the molecule is COC(=O)[C@@H](Cc1c(Cl)cccc1Cl)NC(=O)c1ccc(O)cc1. The van der Waals surface area contributed by atoms with Gasteiger partial charge in [-0.25, -0.2) is 4.79 Å². The normalized spacial score (nSPS) is 11.6. The van der Waals surface area contributed by atoms with Gasteiger partial charge in [-0.2, -0.15) is 0 Å². The molecule has 0 fully saturated rings. The average Bonchev–Trinajstić information content (AvgIpc) is 2.57. The van der Waals surface area contributed by atoms with E-state index in [9.17, 15) is 14.7 Å². The van der Waals surface area contributed by atoms with Crippen molar-refractivity contribution in [3.8, 4) is 5.75 Å². The zero-order chi connectivity index (χ0) is 17.7. The van der Waals surface area contributed by atoms with E-state index < -0.39 is 17.9 Å². The summed E-state index contributed by atoms with van der Waals surface area (Å²) in [5.41, 5.74) is 0.842. The number of methoxy groups -OCH3 is 1. The molecule has 0 aliphatic heterocycles. The van der Waals surface area contributed by atoms with Crippen molar-refractivity contribution < 1.29 is 19.4 Å². The number of esters is 1. The fraction of sp³-hybridized carbons (Fsp3) is 0.176. The maximum Gasteiger partial charge on any atom is 0.328 e. The van der Waals surface area contributed by atoms with Crippen LogP contribution in [-0.4, -0.2) is 30.1 Å². The van der Waals surface area contributed by atoms with Gasteiger partial charge in [0.2, 0.25) is 0 Å².